The highest BCUT2D eigenvalue weighted by Crippen LogP contribution is 2.39. The molecule has 0 unspecified atom stereocenters. The Labute approximate surface area is 200 Å². The van der Waals surface area contributed by atoms with Crippen LogP contribution in [0.4, 0.5) is 5.95 Å². The number of ether oxygens (including phenoxy) is 1. The van der Waals surface area contributed by atoms with Crippen LogP contribution >= 0.6 is 0 Å². The molecule has 0 saturated heterocycles. The first-order valence-electron chi connectivity index (χ1n) is 11.7. The minimum atomic E-state index is -3.33. The number of aromatic nitrogens is 3. The first-order valence-corrected chi connectivity index (χ1v) is 13.6. The fourth-order valence-corrected chi connectivity index (χ4v) is 5.91. The average molecular weight is 485 g/mol. The lowest BCUT2D eigenvalue weighted by Gasteiger charge is -2.39. The Hall–Kier alpha value is -2.94. The third-order valence-corrected chi connectivity index (χ3v) is 7.63. The summed E-state index contributed by atoms with van der Waals surface area (Å²) in [5.41, 5.74) is 3.84. The Balaban J connectivity index is 1.81. The molecule has 2 aromatic heterocycles. The maximum absolute atomic E-state index is 12.4. The Morgan fingerprint density at radius 1 is 1.21 bits per heavy atom. The molecule has 1 atom stereocenters. The SMILES string of the molecule is CCOC(=O)c1cnc(N2CCn3c(cc4cc(CC)c(S(C)(=O)=O)cc43)[C@@H]2C(C)C)nc1C. The monoisotopic (exact) mass is 484 g/mol. The van der Waals surface area contributed by atoms with Gasteiger partial charge in [-0.3, -0.25) is 0 Å². The second-order valence-corrected chi connectivity index (χ2v) is 11.1. The van der Waals surface area contributed by atoms with Gasteiger partial charge in [-0.15, -0.1) is 0 Å². The first-order chi connectivity index (χ1) is 16.1. The predicted octanol–water partition coefficient (Wildman–Crippen LogP) is 4.10. The van der Waals surface area contributed by atoms with E-state index in [4.69, 9.17) is 4.74 Å². The van der Waals surface area contributed by atoms with E-state index in [0.717, 1.165) is 22.2 Å². The maximum atomic E-state index is 12.4. The molecule has 0 bridgehead atoms. The highest BCUT2D eigenvalue weighted by molar-refractivity contribution is 7.90. The highest BCUT2D eigenvalue weighted by Gasteiger charge is 2.34. The van der Waals surface area contributed by atoms with Gasteiger partial charge in [0.05, 0.1) is 28.8 Å². The van der Waals surface area contributed by atoms with Crippen LogP contribution in [0.3, 0.4) is 0 Å². The smallest absolute Gasteiger partial charge is 0.341 e. The van der Waals surface area contributed by atoms with Crippen molar-refractivity contribution in [2.45, 2.75) is 58.5 Å². The largest absolute Gasteiger partial charge is 0.462 e. The predicted molar refractivity (Wildman–Crippen MR) is 132 cm³/mol. The molecular formula is C25H32N4O4S. The molecule has 1 aliphatic heterocycles. The summed E-state index contributed by atoms with van der Waals surface area (Å²) in [7, 11) is -3.33. The van der Waals surface area contributed by atoms with Gasteiger partial charge in [0.25, 0.3) is 0 Å². The van der Waals surface area contributed by atoms with Crippen LogP contribution in [0, 0.1) is 12.8 Å². The number of hydrogen-bond donors (Lipinski definition) is 0. The molecule has 0 radical (unpaired) electrons. The van der Waals surface area contributed by atoms with Crippen LogP contribution in [-0.4, -0.2) is 48.3 Å². The Morgan fingerprint density at radius 3 is 2.53 bits per heavy atom. The van der Waals surface area contributed by atoms with Crippen LogP contribution in [0.5, 0.6) is 0 Å². The molecule has 0 fully saturated rings. The van der Waals surface area contributed by atoms with Crippen molar-refractivity contribution >= 4 is 32.7 Å². The number of rotatable bonds is 6. The lowest BCUT2D eigenvalue weighted by molar-refractivity contribution is 0.0524. The molecule has 0 aliphatic carbocycles. The lowest BCUT2D eigenvalue weighted by Crippen LogP contribution is -2.41. The van der Waals surface area contributed by atoms with Gasteiger partial charge < -0.3 is 14.2 Å². The standard InChI is InChI=1S/C25H32N4O4S/c1-7-17-11-18-12-21-23(15(3)4)29(10-9-28(21)20(18)13-22(17)34(6,31)32)25-26-14-19(16(5)27-25)24(30)33-8-2/h11-15,23H,7-10H2,1-6H3/t23-/m0/s1. The summed E-state index contributed by atoms with van der Waals surface area (Å²) in [5.74, 6) is 0.406. The van der Waals surface area contributed by atoms with Crippen molar-refractivity contribution in [1.82, 2.24) is 14.5 Å². The van der Waals surface area contributed by atoms with Crippen molar-refractivity contribution < 1.29 is 17.9 Å². The van der Waals surface area contributed by atoms with Gasteiger partial charge in [0.1, 0.15) is 0 Å². The minimum absolute atomic E-state index is 0.000698. The number of hydrogen-bond acceptors (Lipinski definition) is 7. The highest BCUT2D eigenvalue weighted by atomic mass is 32.2. The van der Waals surface area contributed by atoms with Gasteiger partial charge in [-0.1, -0.05) is 20.8 Å². The molecule has 1 aromatic carbocycles. The van der Waals surface area contributed by atoms with Gasteiger partial charge in [0, 0.05) is 42.1 Å². The number of esters is 1. The number of carbonyl (C=O) groups is 1. The van der Waals surface area contributed by atoms with Gasteiger partial charge in [-0.2, -0.15) is 0 Å². The molecule has 8 nitrogen and oxygen atoms in total. The maximum Gasteiger partial charge on any atom is 0.341 e. The molecule has 182 valence electrons. The van der Waals surface area contributed by atoms with Crippen LogP contribution < -0.4 is 4.90 Å². The Morgan fingerprint density at radius 2 is 1.94 bits per heavy atom. The molecule has 3 aromatic rings. The zero-order valence-electron chi connectivity index (χ0n) is 20.6. The number of carbonyl (C=O) groups excluding carboxylic acids is 1. The topological polar surface area (TPSA) is 94.4 Å². The van der Waals surface area contributed by atoms with Crippen molar-refractivity contribution in [2.75, 3.05) is 24.3 Å². The second-order valence-electron chi connectivity index (χ2n) is 9.14. The summed E-state index contributed by atoms with van der Waals surface area (Å²) < 4.78 is 32.2. The summed E-state index contributed by atoms with van der Waals surface area (Å²) in [5, 5.41) is 1.04. The van der Waals surface area contributed by atoms with E-state index in [0.29, 0.717) is 48.2 Å². The molecule has 0 spiro atoms. The van der Waals surface area contributed by atoms with E-state index in [1.54, 1.807) is 20.0 Å². The van der Waals surface area contributed by atoms with Gasteiger partial charge in [-0.05, 0) is 49.9 Å². The number of nitrogens with zero attached hydrogens (tertiary/aromatic N) is 4. The second kappa shape index (κ2) is 9.02. The van der Waals surface area contributed by atoms with Crippen molar-refractivity contribution in [3.63, 3.8) is 0 Å². The number of fused-ring (bicyclic) bond motifs is 3. The van der Waals surface area contributed by atoms with Crippen molar-refractivity contribution in [2.24, 2.45) is 5.92 Å². The molecule has 0 N–H and O–H groups in total. The summed E-state index contributed by atoms with van der Waals surface area (Å²) >= 11 is 0. The number of benzene rings is 1. The van der Waals surface area contributed by atoms with E-state index in [-0.39, 0.29) is 12.0 Å². The summed E-state index contributed by atoms with van der Waals surface area (Å²) in [6.07, 6.45) is 3.47. The number of aryl methyl sites for hydroxylation is 2. The summed E-state index contributed by atoms with van der Waals surface area (Å²) in [4.78, 5) is 23.9. The van der Waals surface area contributed by atoms with Crippen molar-refractivity contribution in [1.29, 1.82) is 0 Å². The molecule has 3 heterocycles. The third kappa shape index (κ3) is 4.17. The van der Waals surface area contributed by atoms with Crippen LogP contribution in [0.1, 0.15) is 61.0 Å². The van der Waals surface area contributed by atoms with Crippen LogP contribution in [0.2, 0.25) is 0 Å². The summed E-state index contributed by atoms with van der Waals surface area (Å²) in [6, 6.07) is 6.00. The van der Waals surface area contributed by atoms with Crippen LogP contribution in [0.15, 0.2) is 29.3 Å². The van der Waals surface area contributed by atoms with Crippen LogP contribution in [0.25, 0.3) is 10.9 Å². The Kier molecular flexibility index (Phi) is 6.42. The molecule has 9 heteroatoms. The van der Waals surface area contributed by atoms with Gasteiger partial charge in [-0.25, -0.2) is 23.2 Å². The first kappa shape index (κ1) is 24.2. The van der Waals surface area contributed by atoms with Gasteiger partial charge in [0.15, 0.2) is 9.84 Å². The fraction of sp³-hybridized carbons (Fsp3) is 0.480. The van der Waals surface area contributed by atoms with Gasteiger partial charge >= 0.3 is 5.97 Å². The molecule has 34 heavy (non-hydrogen) atoms. The molecule has 0 amide bonds. The minimum Gasteiger partial charge on any atom is -0.462 e. The van der Waals surface area contributed by atoms with E-state index in [2.05, 4.69) is 39.3 Å². The number of anilines is 1. The van der Waals surface area contributed by atoms with Gasteiger partial charge in [0.2, 0.25) is 5.95 Å². The van der Waals surface area contributed by atoms with Crippen molar-refractivity contribution in [3.8, 4) is 0 Å². The zero-order chi connectivity index (χ0) is 24.8. The summed E-state index contributed by atoms with van der Waals surface area (Å²) in [6.45, 7) is 11.5. The van der Waals surface area contributed by atoms with E-state index in [1.165, 1.54) is 6.26 Å². The van der Waals surface area contributed by atoms with E-state index >= 15 is 0 Å². The third-order valence-electron chi connectivity index (χ3n) is 6.45. The quantitative estimate of drug-likeness (QED) is 0.486. The molecular weight excluding hydrogens is 452 g/mol. The fourth-order valence-electron chi connectivity index (χ4n) is 4.91. The molecule has 0 saturated carbocycles. The lowest BCUT2D eigenvalue weighted by atomic mass is 9.97. The normalized spacial score (nSPS) is 16.2. The number of sulfone groups is 1. The van der Waals surface area contributed by atoms with E-state index < -0.39 is 15.8 Å². The van der Waals surface area contributed by atoms with E-state index in [1.807, 2.05) is 19.1 Å². The van der Waals surface area contributed by atoms with Crippen LogP contribution in [-0.2, 0) is 27.5 Å². The average Bonchev–Trinajstić information content (AvgIpc) is 3.14. The van der Waals surface area contributed by atoms with Crippen molar-refractivity contribution in [3.05, 3.63) is 46.9 Å². The zero-order valence-corrected chi connectivity index (χ0v) is 21.4. The molecule has 4 rings (SSSR count). The van der Waals surface area contributed by atoms with E-state index in [9.17, 15) is 13.2 Å². The molecule has 1 aliphatic rings. The Bertz CT molecular complexity index is 1360.